The minimum Gasteiger partial charge on any atom is -0.338 e. The van der Waals surface area contributed by atoms with E-state index in [0.717, 1.165) is 52.8 Å². The average Bonchev–Trinajstić information content (AvgIpc) is 3.26. The van der Waals surface area contributed by atoms with Crippen LogP contribution in [0.1, 0.15) is 56.1 Å². The molecule has 1 fully saturated rings. The maximum absolute atomic E-state index is 13.4. The molecule has 1 aliphatic rings. The van der Waals surface area contributed by atoms with Gasteiger partial charge in [0.2, 0.25) is 0 Å². The van der Waals surface area contributed by atoms with Gasteiger partial charge < -0.3 is 4.90 Å². The second kappa shape index (κ2) is 6.73. The number of carbonyl (C=O) groups excluding carboxylic acids is 1. The Kier molecular flexibility index (Phi) is 4.48. The molecule has 28 heavy (non-hydrogen) atoms. The molecule has 0 saturated carbocycles. The fourth-order valence-corrected chi connectivity index (χ4v) is 3.87. The number of nitrogens with zero attached hydrogens (tertiary/aromatic N) is 4. The van der Waals surface area contributed by atoms with Gasteiger partial charge in [0.15, 0.2) is 0 Å². The van der Waals surface area contributed by atoms with Crippen molar-refractivity contribution >= 4 is 16.8 Å². The smallest absolute Gasteiger partial charge is 0.254 e. The van der Waals surface area contributed by atoms with Crippen LogP contribution in [0.3, 0.4) is 0 Å². The van der Waals surface area contributed by atoms with Crippen molar-refractivity contribution in [2.45, 2.75) is 47.1 Å². The van der Waals surface area contributed by atoms with Crippen molar-refractivity contribution < 1.29 is 4.79 Å². The van der Waals surface area contributed by atoms with E-state index < -0.39 is 0 Å². The quantitative estimate of drug-likeness (QED) is 0.656. The number of pyridine rings is 1. The van der Waals surface area contributed by atoms with Crippen LogP contribution in [0.4, 0.5) is 0 Å². The second-order valence-corrected chi connectivity index (χ2v) is 9.02. The molecule has 1 amide bonds. The number of fused-ring (bicyclic) bond motifs is 1. The van der Waals surface area contributed by atoms with Crippen LogP contribution in [0.2, 0.25) is 0 Å². The van der Waals surface area contributed by atoms with E-state index >= 15 is 0 Å². The largest absolute Gasteiger partial charge is 0.338 e. The number of rotatable bonds is 3. The maximum Gasteiger partial charge on any atom is 0.254 e. The van der Waals surface area contributed by atoms with Gasteiger partial charge in [-0.15, -0.1) is 0 Å². The third kappa shape index (κ3) is 3.41. The normalized spacial score (nSPS) is 16.3. The Bertz CT molecular complexity index is 1050. The van der Waals surface area contributed by atoms with Crippen LogP contribution in [0.5, 0.6) is 0 Å². The van der Waals surface area contributed by atoms with Gasteiger partial charge in [-0.1, -0.05) is 26.0 Å². The highest BCUT2D eigenvalue weighted by molar-refractivity contribution is 6.07. The maximum atomic E-state index is 13.4. The molecule has 1 aliphatic heterocycles. The van der Waals surface area contributed by atoms with Crippen LogP contribution >= 0.6 is 0 Å². The van der Waals surface area contributed by atoms with Gasteiger partial charge in [-0.3, -0.25) is 9.48 Å². The van der Waals surface area contributed by atoms with Gasteiger partial charge >= 0.3 is 0 Å². The average molecular weight is 377 g/mol. The number of aryl methyl sites for hydroxylation is 1. The van der Waals surface area contributed by atoms with Gasteiger partial charge in [0.05, 0.1) is 23.0 Å². The number of carbonyl (C=O) groups is 1. The SMILES string of the molecule is Cc1ccc2c(C(=O)N3CCC(C)(C)C3)cc(-c3cnn(C(C)C)c3)nc2c1. The second-order valence-electron chi connectivity index (χ2n) is 9.02. The standard InChI is InChI=1S/C23H28N4O/c1-15(2)27-13-17(12-24-27)20-11-19(18-7-6-16(3)10-21(18)25-20)22(28)26-9-8-23(4,5)14-26/h6-7,10-13,15H,8-9,14H2,1-5H3. The molecule has 3 aromatic rings. The lowest BCUT2D eigenvalue weighted by Gasteiger charge is -2.21. The van der Waals surface area contributed by atoms with Crippen LogP contribution in [0, 0.1) is 12.3 Å². The first kappa shape index (κ1) is 18.7. The molecule has 0 unspecified atom stereocenters. The number of benzene rings is 1. The van der Waals surface area contributed by atoms with E-state index in [9.17, 15) is 4.79 Å². The minimum atomic E-state index is 0.0966. The van der Waals surface area contributed by atoms with Crippen LogP contribution in [0.25, 0.3) is 22.2 Å². The van der Waals surface area contributed by atoms with Gasteiger partial charge in [0.25, 0.3) is 5.91 Å². The zero-order chi connectivity index (χ0) is 20.1. The van der Waals surface area contributed by atoms with Crippen molar-refractivity contribution in [1.29, 1.82) is 0 Å². The van der Waals surface area contributed by atoms with Gasteiger partial charge in [0, 0.05) is 36.3 Å². The molecule has 146 valence electrons. The molecule has 0 radical (unpaired) electrons. The lowest BCUT2D eigenvalue weighted by Crippen LogP contribution is -2.30. The lowest BCUT2D eigenvalue weighted by molar-refractivity contribution is 0.0780. The number of likely N-dealkylation sites (tertiary alicyclic amines) is 1. The van der Waals surface area contributed by atoms with E-state index in [-0.39, 0.29) is 17.4 Å². The number of amides is 1. The molecule has 5 heteroatoms. The molecular weight excluding hydrogens is 348 g/mol. The summed E-state index contributed by atoms with van der Waals surface area (Å²) in [7, 11) is 0. The Morgan fingerprint density at radius 3 is 2.64 bits per heavy atom. The van der Waals surface area contributed by atoms with Crippen molar-refractivity contribution in [3.63, 3.8) is 0 Å². The first-order valence-electron chi connectivity index (χ1n) is 9.99. The van der Waals surface area contributed by atoms with Gasteiger partial charge in [0.1, 0.15) is 0 Å². The highest BCUT2D eigenvalue weighted by atomic mass is 16.2. The van der Waals surface area contributed by atoms with E-state index in [1.807, 2.05) is 40.2 Å². The molecule has 0 N–H and O–H groups in total. The molecule has 0 spiro atoms. The Morgan fingerprint density at radius 1 is 1.21 bits per heavy atom. The van der Waals surface area contributed by atoms with Crippen LogP contribution in [-0.2, 0) is 0 Å². The van der Waals surface area contributed by atoms with E-state index in [1.54, 1.807) is 0 Å². The van der Waals surface area contributed by atoms with Crippen LogP contribution in [0.15, 0.2) is 36.7 Å². The predicted molar refractivity (Wildman–Crippen MR) is 112 cm³/mol. The van der Waals surface area contributed by atoms with E-state index in [2.05, 4.69) is 45.8 Å². The molecule has 5 nitrogen and oxygen atoms in total. The Morgan fingerprint density at radius 2 is 2.00 bits per heavy atom. The molecule has 3 heterocycles. The van der Waals surface area contributed by atoms with Gasteiger partial charge in [-0.05, 0) is 50.3 Å². The topological polar surface area (TPSA) is 51.0 Å². The summed E-state index contributed by atoms with van der Waals surface area (Å²) in [5.41, 5.74) is 4.64. The highest BCUT2D eigenvalue weighted by Crippen LogP contribution is 2.32. The summed E-state index contributed by atoms with van der Waals surface area (Å²) in [6, 6.07) is 8.34. The summed E-state index contributed by atoms with van der Waals surface area (Å²) in [5.74, 6) is 0.0966. The summed E-state index contributed by atoms with van der Waals surface area (Å²) >= 11 is 0. The zero-order valence-electron chi connectivity index (χ0n) is 17.4. The number of hydrogen-bond donors (Lipinski definition) is 0. The van der Waals surface area contributed by atoms with Crippen LogP contribution < -0.4 is 0 Å². The minimum absolute atomic E-state index is 0.0966. The van der Waals surface area contributed by atoms with Crippen molar-refractivity contribution in [3.05, 3.63) is 47.8 Å². The Hall–Kier alpha value is -2.69. The zero-order valence-corrected chi connectivity index (χ0v) is 17.4. The van der Waals surface area contributed by atoms with Crippen molar-refractivity contribution in [2.24, 2.45) is 5.41 Å². The van der Waals surface area contributed by atoms with E-state index in [4.69, 9.17) is 4.98 Å². The summed E-state index contributed by atoms with van der Waals surface area (Å²) in [5, 5.41) is 5.36. The van der Waals surface area contributed by atoms with Crippen LogP contribution in [-0.4, -0.2) is 38.7 Å². The van der Waals surface area contributed by atoms with Crippen molar-refractivity contribution in [2.75, 3.05) is 13.1 Å². The summed E-state index contributed by atoms with van der Waals surface area (Å²) < 4.78 is 1.92. The Labute approximate surface area is 166 Å². The molecule has 0 bridgehead atoms. The molecule has 1 aromatic carbocycles. The van der Waals surface area contributed by atoms with Gasteiger partial charge in [-0.2, -0.15) is 5.10 Å². The van der Waals surface area contributed by atoms with E-state index in [0.29, 0.717) is 0 Å². The molecule has 4 rings (SSSR count). The monoisotopic (exact) mass is 376 g/mol. The van der Waals surface area contributed by atoms with Gasteiger partial charge in [-0.25, -0.2) is 4.98 Å². The molecule has 0 atom stereocenters. The molecule has 0 aliphatic carbocycles. The summed E-state index contributed by atoms with van der Waals surface area (Å²) in [6.07, 6.45) is 4.87. The number of hydrogen-bond acceptors (Lipinski definition) is 3. The highest BCUT2D eigenvalue weighted by Gasteiger charge is 2.33. The fraction of sp³-hybridized carbons (Fsp3) is 0.435. The fourth-order valence-electron chi connectivity index (χ4n) is 3.87. The van der Waals surface area contributed by atoms with Crippen molar-refractivity contribution in [1.82, 2.24) is 19.7 Å². The molecule has 1 saturated heterocycles. The Balaban J connectivity index is 1.83. The first-order valence-corrected chi connectivity index (χ1v) is 9.99. The third-order valence-electron chi connectivity index (χ3n) is 5.59. The van der Waals surface area contributed by atoms with Crippen molar-refractivity contribution in [3.8, 4) is 11.3 Å². The molecule has 2 aromatic heterocycles. The first-order chi connectivity index (χ1) is 13.2. The number of aromatic nitrogens is 3. The predicted octanol–water partition coefficient (Wildman–Crippen LogP) is 4.86. The molecular formula is C23H28N4O. The summed E-state index contributed by atoms with van der Waals surface area (Å²) in [4.78, 5) is 20.2. The summed E-state index contributed by atoms with van der Waals surface area (Å²) in [6.45, 7) is 12.3. The third-order valence-corrected chi connectivity index (χ3v) is 5.59. The lowest BCUT2D eigenvalue weighted by atomic mass is 9.93. The van der Waals surface area contributed by atoms with E-state index in [1.165, 1.54) is 0 Å².